The molecule has 2 nitrogen and oxygen atoms in total. The summed E-state index contributed by atoms with van der Waals surface area (Å²) >= 11 is 2.25. The number of piperazine rings is 1. The Labute approximate surface area is 67.4 Å². The van der Waals surface area contributed by atoms with Crippen molar-refractivity contribution in [2.75, 3.05) is 13.1 Å². The van der Waals surface area contributed by atoms with Crippen molar-refractivity contribution in [1.29, 1.82) is 0 Å². The van der Waals surface area contributed by atoms with Crippen LogP contribution in [0, 0.1) is 0 Å². The van der Waals surface area contributed by atoms with Crippen LogP contribution < -0.4 is 0 Å². The van der Waals surface area contributed by atoms with E-state index in [9.17, 15) is 4.48 Å². The molecule has 3 rings (SSSR count). The van der Waals surface area contributed by atoms with Crippen LogP contribution >= 0.6 is 22.9 Å². The molecule has 3 saturated heterocycles. The number of fused-ring (bicyclic) bond motifs is 2. The predicted molar refractivity (Wildman–Crippen MR) is 40.7 cm³/mol. The number of hydrogen-bond donors (Lipinski definition) is 0. The number of piperidine rings is 1. The molecule has 2 bridgehead atoms. The number of halogens is 2. The van der Waals surface area contributed by atoms with Crippen molar-refractivity contribution >= 4 is 22.9 Å². The fourth-order valence-corrected chi connectivity index (χ4v) is 2.42. The van der Waals surface area contributed by atoms with E-state index in [0.717, 1.165) is 24.6 Å². The summed E-state index contributed by atoms with van der Waals surface area (Å²) in [5.74, 6) is 0. The van der Waals surface area contributed by atoms with Crippen molar-refractivity contribution in [3.63, 3.8) is 0 Å². The molecule has 4 heteroatoms. The molecule has 2 atom stereocenters. The van der Waals surface area contributed by atoms with Crippen LogP contribution in [0.1, 0.15) is 6.42 Å². The highest BCUT2D eigenvalue weighted by atomic mass is 127. The number of nitrogens with zero attached hydrogens (tertiary/aromatic N) is 2. The molecule has 0 spiro atoms. The minimum Gasteiger partial charge on any atom is -0.244 e. The van der Waals surface area contributed by atoms with Crippen LogP contribution in [-0.2, 0) is 0 Å². The maximum Gasteiger partial charge on any atom is 0.0557 e. The van der Waals surface area contributed by atoms with Crippen molar-refractivity contribution in [3.05, 3.63) is 0 Å². The molecular weight excluding hydrogens is 234 g/mol. The third-order valence-corrected chi connectivity index (χ3v) is 2.85. The number of rotatable bonds is 0. The van der Waals surface area contributed by atoms with Crippen LogP contribution in [0.5, 0.6) is 0 Å². The molecule has 0 aliphatic carbocycles. The minimum absolute atomic E-state index is 0.209. The van der Waals surface area contributed by atoms with Crippen LogP contribution in [-0.4, -0.2) is 33.4 Å². The van der Waals surface area contributed by atoms with Gasteiger partial charge in [0.05, 0.1) is 12.1 Å². The molecule has 3 aliphatic rings. The Balaban J connectivity index is 2.01. The summed E-state index contributed by atoms with van der Waals surface area (Å²) in [6.45, 7) is 1.79. The first-order valence-corrected chi connectivity index (χ1v) is 4.08. The SMILES string of the molecule is FN1C2CC1CN(I)C2. The predicted octanol–water partition coefficient (Wildman–Crippen LogP) is 0.979. The Bertz CT molecular complexity index is 120. The van der Waals surface area contributed by atoms with Gasteiger partial charge in [0.15, 0.2) is 0 Å². The Morgan fingerprint density at radius 1 is 1.33 bits per heavy atom. The third kappa shape index (κ3) is 0.877. The zero-order valence-corrected chi connectivity index (χ0v) is 7.08. The normalized spacial score (nSPS) is 44.7. The summed E-state index contributed by atoms with van der Waals surface area (Å²) in [4.78, 5) is 0. The molecule has 0 radical (unpaired) electrons. The Morgan fingerprint density at radius 3 is 2.22 bits per heavy atom. The zero-order valence-electron chi connectivity index (χ0n) is 4.93. The van der Waals surface area contributed by atoms with E-state index in [1.165, 1.54) is 0 Å². The molecule has 52 valence electrons. The first-order chi connectivity index (χ1) is 4.27. The lowest BCUT2D eigenvalue weighted by Crippen LogP contribution is -2.63. The quantitative estimate of drug-likeness (QED) is 0.461. The van der Waals surface area contributed by atoms with E-state index in [1.54, 1.807) is 0 Å². The van der Waals surface area contributed by atoms with Gasteiger partial charge in [-0.1, -0.05) is 0 Å². The fraction of sp³-hybridized carbons (Fsp3) is 1.00. The average molecular weight is 242 g/mol. The summed E-state index contributed by atoms with van der Waals surface area (Å²) in [6, 6.07) is 0.418. The van der Waals surface area contributed by atoms with Crippen LogP contribution in [0.4, 0.5) is 4.48 Å². The highest BCUT2D eigenvalue weighted by Gasteiger charge is 2.44. The Hall–Kier alpha value is 0.580. The lowest BCUT2D eigenvalue weighted by Gasteiger charge is -2.49. The molecule has 2 unspecified atom stereocenters. The first kappa shape index (κ1) is 6.30. The van der Waals surface area contributed by atoms with Crippen LogP contribution in [0.15, 0.2) is 0 Å². The second kappa shape index (κ2) is 2.03. The molecule has 3 fully saturated rings. The van der Waals surface area contributed by atoms with Gasteiger partial charge in [0.25, 0.3) is 0 Å². The van der Waals surface area contributed by atoms with Crippen LogP contribution in [0.3, 0.4) is 0 Å². The van der Waals surface area contributed by atoms with Gasteiger partial charge in [0.2, 0.25) is 0 Å². The average Bonchev–Trinajstić information content (AvgIpc) is 1.87. The summed E-state index contributed by atoms with van der Waals surface area (Å²) in [7, 11) is 0. The van der Waals surface area contributed by atoms with E-state index in [1.807, 2.05) is 0 Å². The van der Waals surface area contributed by atoms with Gasteiger partial charge in [-0.2, -0.15) is 0 Å². The van der Waals surface area contributed by atoms with E-state index >= 15 is 0 Å². The van der Waals surface area contributed by atoms with Crippen molar-refractivity contribution in [1.82, 2.24) is 8.24 Å². The highest BCUT2D eigenvalue weighted by Crippen LogP contribution is 2.33. The van der Waals surface area contributed by atoms with Gasteiger partial charge in [0.1, 0.15) is 0 Å². The smallest absolute Gasteiger partial charge is 0.0557 e. The largest absolute Gasteiger partial charge is 0.244 e. The zero-order chi connectivity index (χ0) is 6.43. The fourth-order valence-electron chi connectivity index (χ4n) is 1.51. The lowest BCUT2D eigenvalue weighted by atomic mass is 9.92. The van der Waals surface area contributed by atoms with Gasteiger partial charge in [-0.05, 0) is 6.42 Å². The van der Waals surface area contributed by atoms with Crippen molar-refractivity contribution in [2.45, 2.75) is 18.5 Å². The first-order valence-electron chi connectivity index (χ1n) is 3.12. The van der Waals surface area contributed by atoms with Crippen LogP contribution in [0.2, 0.25) is 0 Å². The van der Waals surface area contributed by atoms with E-state index in [2.05, 4.69) is 26.0 Å². The van der Waals surface area contributed by atoms with Crippen molar-refractivity contribution < 1.29 is 4.48 Å². The molecule has 3 aliphatic heterocycles. The van der Waals surface area contributed by atoms with E-state index in [0.29, 0.717) is 0 Å². The monoisotopic (exact) mass is 242 g/mol. The molecule has 0 N–H and O–H groups in total. The van der Waals surface area contributed by atoms with Gasteiger partial charge in [-0.15, -0.1) is 9.60 Å². The third-order valence-electron chi connectivity index (χ3n) is 2.06. The maximum atomic E-state index is 12.6. The highest BCUT2D eigenvalue weighted by molar-refractivity contribution is 14.1. The molecule has 0 aromatic heterocycles. The second-order valence-corrected chi connectivity index (χ2v) is 4.08. The molecule has 9 heavy (non-hydrogen) atoms. The summed E-state index contributed by atoms with van der Waals surface area (Å²) in [6.07, 6.45) is 1.07. The van der Waals surface area contributed by atoms with E-state index < -0.39 is 0 Å². The number of hydrogen-bond acceptors (Lipinski definition) is 2. The second-order valence-electron chi connectivity index (χ2n) is 2.72. The lowest BCUT2D eigenvalue weighted by molar-refractivity contribution is -0.170. The summed E-state index contributed by atoms with van der Waals surface area (Å²) in [5, 5.41) is 0.995. The van der Waals surface area contributed by atoms with Gasteiger partial charge in [0, 0.05) is 36.0 Å². The standard InChI is InChI=1S/C5H8FIN2/c6-9-4-1-5(9)3-8(7)2-4/h4-5H,1-3H2. The molecule has 3 heterocycles. The van der Waals surface area contributed by atoms with Gasteiger partial charge >= 0.3 is 0 Å². The summed E-state index contributed by atoms with van der Waals surface area (Å²) in [5.41, 5.74) is 0. The molecule has 0 saturated carbocycles. The van der Waals surface area contributed by atoms with Gasteiger partial charge in [-0.3, -0.25) is 0 Å². The van der Waals surface area contributed by atoms with Gasteiger partial charge in [-0.25, -0.2) is 3.11 Å². The van der Waals surface area contributed by atoms with E-state index in [-0.39, 0.29) is 12.1 Å². The van der Waals surface area contributed by atoms with E-state index in [4.69, 9.17) is 0 Å². The van der Waals surface area contributed by atoms with Crippen LogP contribution in [0.25, 0.3) is 0 Å². The Kier molecular flexibility index (Phi) is 1.42. The molecular formula is C5H8FIN2. The summed E-state index contributed by atoms with van der Waals surface area (Å²) < 4.78 is 14.8. The maximum absolute atomic E-state index is 12.6. The minimum atomic E-state index is 0.209. The Morgan fingerprint density at radius 2 is 1.89 bits per heavy atom. The van der Waals surface area contributed by atoms with Crippen molar-refractivity contribution in [3.8, 4) is 0 Å². The molecule has 0 aromatic carbocycles. The topological polar surface area (TPSA) is 6.48 Å². The molecule has 0 amide bonds. The van der Waals surface area contributed by atoms with Gasteiger partial charge < -0.3 is 0 Å². The molecule has 0 aromatic rings. The van der Waals surface area contributed by atoms with Crippen molar-refractivity contribution in [2.24, 2.45) is 0 Å².